The maximum atomic E-state index is 6.00. The number of nitrogen functional groups attached to an aromatic ring is 1. The first-order valence-electron chi connectivity index (χ1n) is 5.87. The Morgan fingerprint density at radius 2 is 1.70 bits per heavy atom. The fraction of sp³-hybridized carbons (Fsp3) is 0. The predicted molar refractivity (Wildman–Crippen MR) is 81.2 cm³/mol. The lowest BCUT2D eigenvalue weighted by molar-refractivity contribution is 0.804. The van der Waals surface area contributed by atoms with Gasteiger partial charge in [-0.1, -0.05) is 34.5 Å². The van der Waals surface area contributed by atoms with Crippen molar-refractivity contribution >= 4 is 28.9 Å². The third kappa shape index (κ3) is 2.48. The number of hydrogen-bond acceptors (Lipinski definition) is 3. The zero-order valence-electron chi connectivity index (χ0n) is 10.3. The summed E-state index contributed by atoms with van der Waals surface area (Å²) in [5, 5.41) is 9.24. The van der Waals surface area contributed by atoms with E-state index in [1.165, 1.54) is 0 Å². The van der Waals surface area contributed by atoms with Gasteiger partial charge in [0.1, 0.15) is 5.69 Å². The molecule has 0 spiro atoms. The molecule has 0 saturated carbocycles. The van der Waals surface area contributed by atoms with Gasteiger partial charge in [-0.05, 0) is 36.4 Å². The highest BCUT2D eigenvalue weighted by Crippen LogP contribution is 2.27. The summed E-state index contributed by atoms with van der Waals surface area (Å²) in [4.78, 5) is 0. The lowest BCUT2D eigenvalue weighted by Gasteiger charge is -2.00. The molecule has 0 aliphatic rings. The number of aromatic nitrogens is 3. The Morgan fingerprint density at radius 3 is 2.40 bits per heavy atom. The molecule has 3 aromatic rings. The molecule has 0 aliphatic carbocycles. The largest absolute Gasteiger partial charge is 0.399 e. The second kappa shape index (κ2) is 5.15. The van der Waals surface area contributed by atoms with E-state index in [-0.39, 0.29) is 0 Å². The summed E-state index contributed by atoms with van der Waals surface area (Å²) in [6.07, 6.45) is 1.82. The fourth-order valence-electron chi connectivity index (χ4n) is 1.80. The number of halogens is 2. The molecule has 2 N–H and O–H groups in total. The second-order valence-corrected chi connectivity index (χ2v) is 5.08. The van der Waals surface area contributed by atoms with Crippen molar-refractivity contribution in [2.75, 3.05) is 5.73 Å². The van der Waals surface area contributed by atoms with Gasteiger partial charge < -0.3 is 5.73 Å². The Bertz CT molecular complexity index is 750. The summed E-state index contributed by atoms with van der Waals surface area (Å²) in [5.74, 6) is 0. The number of nitrogens with zero attached hydrogens (tertiary/aromatic N) is 3. The molecule has 100 valence electrons. The van der Waals surface area contributed by atoms with Crippen molar-refractivity contribution in [2.24, 2.45) is 0 Å². The van der Waals surface area contributed by atoms with Crippen molar-refractivity contribution in [2.45, 2.75) is 0 Å². The third-order valence-corrected chi connectivity index (χ3v) is 3.61. The van der Waals surface area contributed by atoms with Gasteiger partial charge in [-0.25, -0.2) is 4.68 Å². The molecule has 0 atom stereocenters. The standard InChI is InChI=1S/C14H10Cl2N4/c15-12-6-1-9(7-13(12)16)14-8-20(19-18-14)11-4-2-10(17)3-5-11/h1-8H,17H2. The molecule has 6 heteroatoms. The van der Waals surface area contributed by atoms with Crippen LogP contribution >= 0.6 is 23.2 Å². The normalized spacial score (nSPS) is 10.7. The molecule has 0 aliphatic heterocycles. The van der Waals surface area contributed by atoms with E-state index in [9.17, 15) is 0 Å². The number of rotatable bonds is 2. The quantitative estimate of drug-likeness (QED) is 0.732. The maximum Gasteiger partial charge on any atom is 0.113 e. The van der Waals surface area contributed by atoms with E-state index in [0.29, 0.717) is 15.7 Å². The molecule has 20 heavy (non-hydrogen) atoms. The molecule has 0 fully saturated rings. The van der Waals surface area contributed by atoms with Crippen LogP contribution in [0.1, 0.15) is 0 Å². The van der Waals surface area contributed by atoms with E-state index >= 15 is 0 Å². The zero-order chi connectivity index (χ0) is 14.1. The Morgan fingerprint density at radius 1 is 0.950 bits per heavy atom. The van der Waals surface area contributed by atoms with Crippen LogP contribution in [0.2, 0.25) is 10.0 Å². The van der Waals surface area contributed by atoms with Crippen LogP contribution in [0.25, 0.3) is 16.9 Å². The molecule has 0 saturated heterocycles. The number of anilines is 1. The third-order valence-electron chi connectivity index (χ3n) is 2.87. The minimum absolute atomic E-state index is 0.492. The van der Waals surface area contributed by atoms with Crippen LogP contribution in [0.5, 0.6) is 0 Å². The molecule has 2 aromatic carbocycles. The average Bonchev–Trinajstić information content (AvgIpc) is 2.92. The lowest BCUT2D eigenvalue weighted by Crippen LogP contribution is -1.95. The summed E-state index contributed by atoms with van der Waals surface area (Å²) in [5.41, 5.74) is 8.84. The van der Waals surface area contributed by atoms with Crippen LogP contribution < -0.4 is 5.73 Å². The highest BCUT2D eigenvalue weighted by atomic mass is 35.5. The molecule has 1 aromatic heterocycles. The van der Waals surface area contributed by atoms with Gasteiger partial charge in [0.05, 0.1) is 21.9 Å². The molecule has 0 radical (unpaired) electrons. The van der Waals surface area contributed by atoms with E-state index in [4.69, 9.17) is 28.9 Å². The predicted octanol–water partition coefficient (Wildman–Crippen LogP) is 3.82. The minimum Gasteiger partial charge on any atom is -0.399 e. The Balaban J connectivity index is 1.97. The van der Waals surface area contributed by atoms with Gasteiger partial charge in [0.2, 0.25) is 0 Å². The summed E-state index contributed by atoms with van der Waals surface area (Å²) >= 11 is 11.9. The summed E-state index contributed by atoms with van der Waals surface area (Å²) < 4.78 is 1.68. The number of hydrogen-bond donors (Lipinski definition) is 1. The van der Waals surface area contributed by atoms with Gasteiger partial charge in [-0.15, -0.1) is 5.10 Å². The minimum atomic E-state index is 0.492. The molecule has 3 rings (SSSR count). The Hall–Kier alpha value is -2.04. The monoisotopic (exact) mass is 304 g/mol. The van der Waals surface area contributed by atoms with Crippen molar-refractivity contribution in [3.63, 3.8) is 0 Å². The van der Waals surface area contributed by atoms with Gasteiger partial charge in [0.15, 0.2) is 0 Å². The summed E-state index contributed by atoms with van der Waals surface area (Å²) in [7, 11) is 0. The van der Waals surface area contributed by atoms with Crippen LogP contribution in [0.3, 0.4) is 0 Å². The van der Waals surface area contributed by atoms with Crippen LogP contribution in [-0.2, 0) is 0 Å². The highest BCUT2D eigenvalue weighted by molar-refractivity contribution is 6.42. The Kier molecular flexibility index (Phi) is 3.34. The van der Waals surface area contributed by atoms with Crippen LogP contribution in [0.15, 0.2) is 48.7 Å². The number of nitrogens with two attached hydrogens (primary N) is 1. The SMILES string of the molecule is Nc1ccc(-n2cc(-c3ccc(Cl)c(Cl)c3)nn2)cc1. The van der Waals surface area contributed by atoms with E-state index in [1.54, 1.807) is 16.8 Å². The van der Waals surface area contributed by atoms with Gasteiger partial charge >= 0.3 is 0 Å². The van der Waals surface area contributed by atoms with Gasteiger partial charge in [-0.2, -0.15) is 0 Å². The maximum absolute atomic E-state index is 6.00. The van der Waals surface area contributed by atoms with Gasteiger partial charge in [-0.3, -0.25) is 0 Å². The van der Waals surface area contributed by atoms with E-state index in [1.807, 2.05) is 36.5 Å². The first kappa shape index (κ1) is 13.0. The first-order valence-corrected chi connectivity index (χ1v) is 6.63. The fourth-order valence-corrected chi connectivity index (χ4v) is 2.10. The average molecular weight is 305 g/mol. The molecular formula is C14H10Cl2N4. The van der Waals surface area contributed by atoms with Crippen LogP contribution in [0.4, 0.5) is 5.69 Å². The van der Waals surface area contributed by atoms with Gasteiger partial charge in [0.25, 0.3) is 0 Å². The van der Waals surface area contributed by atoms with Crippen LogP contribution in [-0.4, -0.2) is 15.0 Å². The van der Waals surface area contributed by atoms with Gasteiger partial charge in [0, 0.05) is 11.3 Å². The molecule has 4 nitrogen and oxygen atoms in total. The van der Waals surface area contributed by atoms with Crippen molar-refractivity contribution in [3.8, 4) is 16.9 Å². The molecule has 0 unspecified atom stereocenters. The lowest BCUT2D eigenvalue weighted by atomic mass is 10.2. The van der Waals surface area contributed by atoms with Crippen molar-refractivity contribution in [3.05, 3.63) is 58.7 Å². The topological polar surface area (TPSA) is 56.7 Å². The summed E-state index contributed by atoms with van der Waals surface area (Å²) in [6.45, 7) is 0. The smallest absolute Gasteiger partial charge is 0.113 e. The second-order valence-electron chi connectivity index (χ2n) is 4.27. The Labute approximate surface area is 125 Å². The molecule has 1 heterocycles. The molecule has 0 amide bonds. The van der Waals surface area contributed by atoms with Crippen molar-refractivity contribution < 1.29 is 0 Å². The molecule has 0 bridgehead atoms. The van der Waals surface area contributed by atoms with E-state index in [2.05, 4.69) is 10.3 Å². The van der Waals surface area contributed by atoms with E-state index < -0.39 is 0 Å². The zero-order valence-corrected chi connectivity index (χ0v) is 11.8. The van der Waals surface area contributed by atoms with Crippen molar-refractivity contribution in [1.29, 1.82) is 0 Å². The summed E-state index contributed by atoms with van der Waals surface area (Å²) in [6, 6.07) is 12.7. The van der Waals surface area contributed by atoms with Crippen LogP contribution in [0, 0.1) is 0 Å². The molecular weight excluding hydrogens is 295 g/mol. The highest BCUT2D eigenvalue weighted by Gasteiger charge is 2.07. The first-order chi connectivity index (χ1) is 9.63. The number of benzene rings is 2. The van der Waals surface area contributed by atoms with Crippen molar-refractivity contribution in [1.82, 2.24) is 15.0 Å². The van der Waals surface area contributed by atoms with E-state index in [0.717, 1.165) is 16.9 Å².